The summed E-state index contributed by atoms with van der Waals surface area (Å²) < 4.78 is 6.88. The van der Waals surface area contributed by atoms with Crippen molar-refractivity contribution < 1.29 is 19.4 Å². The zero-order valence-corrected chi connectivity index (χ0v) is 17.2. The zero-order chi connectivity index (χ0) is 21.4. The van der Waals surface area contributed by atoms with E-state index < -0.39 is 16.8 Å². The lowest BCUT2D eigenvalue weighted by Gasteiger charge is -2.30. The Hall–Kier alpha value is -3.22. The molecule has 2 aromatic carbocycles. The molecule has 0 atom stereocenters. The summed E-state index contributed by atoms with van der Waals surface area (Å²) in [6, 6.07) is 11.4. The van der Waals surface area contributed by atoms with Gasteiger partial charge in [0, 0.05) is 5.41 Å². The number of fused-ring (bicyclic) bond motifs is 1. The van der Waals surface area contributed by atoms with E-state index in [1.54, 1.807) is 13.8 Å². The van der Waals surface area contributed by atoms with E-state index in [0.717, 1.165) is 0 Å². The van der Waals surface area contributed by atoms with Crippen LogP contribution < -0.4 is 5.11 Å². The van der Waals surface area contributed by atoms with Crippen LogP contribution in [0.25, 0.3) is 16.7 Å². The molecule has 0 radical (unpaired) electrons. The number of hydrogen-bond donors (Lipinski definition) is 0. The average molecular weight is 394 g/mol. The lowest BCUT2D eigenvalue weighted by atomic mass is 9.75. The highest BCUT2D eigenvalue weighted by Gasteiger charge is 2.37. The number of ketones is 1. The van der Waals surface area contributed by atoms with Crippen LogP contribution >= 0.6 is 0 Å². The van der Waals surface area contributed by atoms with Gasteiger partial charge in [0.25, 0.3) is 0 Å². The summed E-state index contributed by atoms with van der Waals surface area (Å²) in [4.78, 5) is 25.1. The third-order valence-corrected chi connectivity index (χ3v) is 4.58. The van der Waals surface area contributed by atoms with Gasteiger partial charge in [0.15, 0.2) is 0 Å². The average Bonchev–Trinajstić information content (AvgIpc) is 3.08. The Bertz CT molecular complexity index is 1080. The molecule has 3 aromatic rings. The number of ether oxygens (including phenoxy) is 1. The molecular formula is C22H24N3O4-. The van der Waals surface area contributed by atoms with Crippen molar-refractivity contribution in [3.63, 3.8) is 0 Å². The Morgan fingerprint density at radius 1 is 1.07 bits per heavy atom. The van der Waals surface area contributed by atoms with Gasteiger partial charge in [-0.2, -0.15) is 0 Å². The van der Waals surface area contributed by atoms with E-state index >= 15 is 0 Å². The summed E-state index contributed by atoms with van der Waals surface area (Å²) in [6.45, 7) is 8.89. The number of rotatable bonds is 5. The normalized spacial score (nSPS) is 12.2. The standard InChI is InChI=1S/C22H25N3O4/c1-21(2,3)20(28)22(4,5)13-29-19(27)14-10-15(12-16(26)11-14)25-18-9-7-6-8-17(18)23-24-25/h6-12,26H,13H2,1-5H3/p-1. The van der Waals surface area contributed by atoms with Gasteiger partial charge in [0.1, 0.15) is 17.9 Å². The maximum atomic E-state index is 12.6. The van der Waals surface area contributed by atoms with Crippen molar-refractivity contribution in [2.45, 2.75) is 34.6 Å². The molecular weight excluding hydrogens is 370 g/mol. The van der Waals surface area contributed by atoms with Crippen molar-refractivity contribution in [3.8, 4) is 11.4 Å². The smallest absolute Gasteiger partial charge is 0.338 e. The van der Waals surface area contributed by atoms with Crippen molar-refractivity contribution in [2.24, 2.45) is 10.8 Å². The molecule has 7 nitrogen and oxygen atoms in total. The first kappa shape index (κ1) is 20.5. The van der Waals surface area contributed by atoms with Crippen LogP contribution in [0.1, 0.15) is 45.0 Å². The second-order valence-electron chi connectivity index (χ2n) is 8.74. The molecule has 0 aliphatic carbocycles. The Morgan fingerprint density at radius 3 is 2.45 bits per heavy atom. The van der Waals surface area contributed by atoms with E-state index in [9.17, 15) is 14.7 Å². The van der Waals surface area contributed by atoms with Crippen LogP contribution in [0, 0.1) is 10.8 Å². The summed E-state index contributed by atoms with van der Waals surface area (Å²) in [5.74, 6) is -1.02. The number of hydrogen-bond acceptors (Lipinski definition) is 6. The second kappa shape index (κ2) is 7.31. The van der Waals surface area contributed by atoms with E-state index in [0.29, 0.717) is 16.7 Å². The van der Waals surface area contributed by atoms with Gasteiger partial charge in [-0.25, -0.2) is 9.48 Å². The molecule has 29 heavy (non-hydrogen) atoms. The van der Waals surface area contributed by atoms with Gasteiger partial charge in [-0.1, -0.05) is 44.2 Å². The maximum absolute atomic E-state index is 12.6. The molecule has 0 N–H and O–H groups in total. The predicted molar refractivity (Wildman–Crippen MR) is 107 cm³/mol. The summed E-state index contributed by atoms with van der Waals surface area (Å²) in [7, 11) is 0. The van der Waals surface area contributed by atoms with E-state index in [2.05, 4.69) is 10.3 Å². The highest BCUT2D eigenvalue weighted by Crippen LogP contribution is 2.30. The number of carbonyl (C=O) groups is 2. The number of aromatic nitrogens is 3. The summed E-state index contributed by atoms with van der Waals surface area (Å²) >= 11 is 0. The molecule has 0 bridgehead atoms. The number of para-hydroxylation sites is 1. The van der Waals surface area contributed by atoms with Crippen LogP contribution in [0.4, 0.5) is 0 Å². The van der Waals surface area contributed by atoms with Crippen LogP contribution in [-0.4, -0.2) is 33.4 Å². The zero-order valence-electron chi connectivity index (χ0n) is 17.2. The minimum Gasteiger partial charge on any atom is -0.872 e. The number of esters is 1. The summed E-state index contributed by atoms with van der Waals surface area (Å²) in [5, 5.41) is 20.3. The van der Waals surface area contributed by atoms with Crippen molar-refractivity contribution >= 4 is 22.8 Å². The predicted octanol–water partition coefficient (Wildman–Crippen LogP) is 3.29. The lowest BCUT2D eigenvalue weighted by Crippen LogP contribution is -2.38. The Balaban J connectivity index is 1.85. The molecule has 3 rings (SSSR count). The van der Waals surface area contributed by atoms with Gasteiger partial charge < -0.3 is 9.84 Å². The first-order valence-electron chi connectivity index (χ1n) is 9.34. The minimum absolute atomic E-state index is 0.00912. The fourth-order valence-electron chi connectivity index (χ4n) is 3.29. The van der Waals surface area contributed by atoms with Gasteiger partial charge in [-0.05, 0) is 38.1 Å². The molecule has 152 valence electrons. The fraction of sp³-hybridized carbons (Fsp3) is 0.364. The third kappa shape index (κ3) is 4.29. The monoisotopic (exact) mass is 394 g/mol. The molecule has 0 spiro atoms. The van der Waals surface area contributed by atoms with Gasteiger partial charge in [-0.3, -0.25) is 4.79 Å². The third-order valence-electron chi connectivity index (χ3n) is 4.58. The van der Waals surface area contributed by atoms with Crippen LogP contribution in [0.5, 0.6) is 5.75 Å². The first-order valence-corrected chi connectivity index (χ1v) is 9.34. The molecule has 0 amide bonds. The summed E-state index contributed by atoms with van der Waals surface area (Å²) in [5.41, 5.74) is 0.527. The minimum atomic E-state index is -0.839. The Kier molecular flexibility index (Phi) is 5.17. The molecule has 1 heterocycles. The van der Waals surface area contributed by atoms with Crippen LogP contribution in [0.15, 0.2) is 42.5 Å². The molecule has 0 aliphatic heterocycles. The van der Waals surface area contributed by atoms with E-state index in [-0.39, 0.29) is 23.7 Å². The van der Waals surface area contributed by atoms with Crippen LogP contribution in [-0.2, 0) is 9.53 Å². The second-order valence-corrected chi connectivity index (χ2v) is 8.74. The van der Waals surface area contributed by atoms with Crippen molar-refractivity contribution in [1.82, 2.24) is 15.0 Å². The molecule has 0 saturated heterocycles. The molecule has 0 saturated carbocycles. The maximum Gasteiger partial charge on any atom is 0.338 e. The van der Waals surface area contributed by atoms with Crippen LogP contribution in [0.2, 0.25) is 0 Å². The van der Waals surface area contributed by atoms with Gasteiger partial charge in [0.05, 0.1) is 22.2 Å². The molecule has 0 aliphatic rings. The number of Topliss-reactive ketones (excluding diaryl/α,β-unsaturated/α-hetero) is 1. The molecule has 0 fully saturated rings. The van der Waals surface area contributed by atoms with Gasteiger partial charge >= 0.3 is 5.97 Å². The van der Waals surface area contributed by atoms with E-state index in [4.69, 9.17) is 4.74 Å². The van der Waals surface area contributed by atoms with E-state index in [1.165, 1.54) is 22.9 Å². The Morgan fingerprint density at radius 2 is 1.76 bits per heavy atom. The van der Waals surface area contributed by atoms with Crippen molar-refractivity contribution in [2.75, 3.05) is 6.61 Å². The molecule has 7 heteroatoms. The molecule has 1 aromatic heterocycles. The molecule has 0 unspecified atom stereocenters. The quantitative estimate of drug-likeness (QED) is 0.616. The highest BCUT2D eigenvalue weighted by atomic mass is 16.5. The van der Waals surface area contributed by atoms with E-state index in [1.807, 2.05) is 45.0 Å². The van der Waals surface area contributed by atoms with Crippen LogP contribution in [0.3, 0.4) is 0 Å². The Labute approximate surface area is 169 Å². The fourth-order valence-corrected chi connectivity index (χ4v) is 3.29. The van der Waals surface area contributed by atoms with Gasteiger partial charge in [-0.15, -0.1) is 10.8 Å². The van der Waals surface area contributed by atoms with Crippen molar-refractivity contribution in [1.29, 1.82) is 0 Å². The first-order chi connectivity index (χ1) is 13.5. The van der Waals surface area contributed by atoms with Gasteiger partial charge in [0.2, 0.25) is 0 Å². The highest BCUT2D eigenvalue weighted by molar-refractivity contribution is 5.92. The van der Waals surface area contributed by atoms with Crippen molar-refractivity contribution in [3.05, 3.63) is 48.0 Å². The number of nitrogens with zero attached hydrogens (tertiary/aromatic N) is 3. The SMILES string of the molecule is CC(C)(C)C(=O)C(C)(C)COC(=O)c1cc([O-])cc(-n2nnc3ccccc32)c1. The number of carbonyl (C=O) groups excluding carboxylic acids is 2. The topological polar surface area (TPSA) is 97.1 Å². The summed E-state index contributed by atoms with van der Waals surface area (Å²) in [6.07, 6.45) is 0. The largest absolute Gasteiger partial charge is 0.872 e. The lowest BCUT2D eigenvalue weighted by molar-refractivity contribution is -0.268. The number of benzene rings is 2.